The zero-order valence-electron chi connectivity index (χ0n) is 8.78. The summed E-state index contributed by atoms with van der Waals surface area (Å²) >= 11 is 1.88. The summed E-state index contributed by atoms with van der Waals surface area (Å²) < 4.78 is 0. The predicted octanol–water partition coefficient (Wildman–Crippen LogP) is 1.40. The second-order valence-corrected chi connectivity index (χ2v) is 5.00. The molecule has 1 aliphatic rings. The lowest BCUT2D eigenvalue weighted by atomic mass is 9.97. The van der Waals surface area contributed by atoms with Crippen molar-refractivity contribution in [1.29, 1.82) is 0 Å². The van der Waals surface area contributed by atoms with E-state index in [-0.39, 0.29) is 6.10 Å². The van der Waals surface area contributed by atoms with E-state index in [1.165, 1.54) is 0 Å². The Balaban J connectivity index is 2.16. The average Bonchev–Trinajstić information content (AvgIpc) is 2.17. The SMILES string of the molecule is CCN=C(N)CSC1CCC(O)CC1. The number of rotatable bonds is 4. The topological polar surface area (TPSA) is 58.6 Å². The highest BCUT2D eigenvalue weighted by molar-refractivity contribution is 8.00. The van der Waals surface area contributed by atoms with Gasteiger partial charge in [-0.25, -0.2) is 0 Å². The Labute approximate surface area is 90.2 Å². The van der Waals surface area contributed by atoms with Crippen LogP contribution in [0.3, 0.4) is 0 Å². The van der Waals surface area contributed by atoms with Crippen LogP contribution in [0.15, 0.2) is 4.99 Å². The van der Waals surface area contributed by atoms with E-state index >= 15 is 0 Å². The van der Waals surface area contributed by atoms with Gasteiger partial charge >= 0.3 is 0 Å². The Morgan fingerprint density at radius 3 is 2.64 bits per heavy atom. The summed E-state index contributed by atoms with van der Waals surface area (Å²) in [4.78, 5) is 4.15. The molecule has 1 fully saturated rings. The van der Waals surface area contributed by atoms with Crippen molar-refractivity contribution >= 4 is 17.6 Å². The number of amidine groups is 1. The van der Waals surface area contributed by atoms with Gasteiger partial charge in [0, 0.05) is 11.8 Å². The first kappa shape index (κ1) is 11.9. The minimum absolute atomic E-state index is 0.0616. The fourth-order valence-electron chi connectivity index (χ4n) is 1.66. The number of aliphatic hydroxyl groups is 1. The third-order valence-corrected chi connectivity index (χ3v) is 3.88. The molecule has 0 aliphatic heterocycles. The number of aliphatic imine (C=N–C) groups is 1. The Morgan fingerprint density at radius 2 is 2.07 bits per heavy atom. The van der Waals surface area contributed by atoms with Crippen LogP contribution in [0.1, 0.15) is 32.6 Å². The molecule has 3 nitrogen and oxygen atoms in total. The first-order valence-corrected chi connectivity index (χ1v) is 6.35. The van der Waals surface area contributed by atoms with Crippen molar-refractivity contribution in [3.63, 3.8) is 0 Å². The van der Waals surface area contributed by atoms with E-state index in [9.17, 15) is 5.11 Å². The van der Waals surface area contributed by atoms with Crippen LogP contribution < -0.4 is 5.73 Å². The molecule has 82 valence electrons. The Hall–Kier alpha value is -0.220. The van der Waals surface area contributed by atoms with Crippen LogP contribution in [0.4, 0.5) is 0 Å². The zero-order valence-corrected chi connectivity index (χ0v) is 9.59. The molecular weight excluding hydrogens is 196 g/mol. The van der Waals surface area contributed by atoms with Gasteiger partial charge in [0.1, 0.15) is 5.84 Å². The molecule has 0 heterocycles. The minimum Gasteiger partial charge on any atom is -0.393 e. The summed E-state index contributed by atoms with van der Waals surface area (Å²) in [5.41, 5.74) is 5.71. The van der Waals surface area contributed by atoms with Crippen molar-refractivity contribution in [3.05, 3.63) is 0 Å². The number of nitrogens with two attached hydrogens (primary N) is 1. The van der Waals surface area contributed by atoms with Gasteiger partial charge in [0.2, 0.25) is 0 Å². The molecule has 14 heavy (non-hydrogen) atoms. The van der Waals surface area contributed by atoms with Gasteiger partial charge in [0.05, 0.1) is 11.9 Å². The molecule has 4 heteroatoms. The lowest BCUT2D eigenvalue weighted by Gasteiger charge is -2.24. The molecule has 0 radical (unpaired) electrons. The maximum atomic E-state index is 9.33. The van der Waals surface area contributed by atoms with Crippen molar-refractivity contribution in [2.75, 3.05) is 12.3 Å². The molecule has 3 N–H and O–H groups in total. The van der Waals surface area contributed by atoms with E-state index in [0.717, 1.165) is 43.8 Å². The second kappa shape index (κ2) is 6.30. The van der Waals surface area contributed by atoms with Crippen LogP contribution in [0.5, 0.6) is 0 Å². The maximum Gasteiger partial charge on any atom is 0.104 e. The number of hydrogen-bond donors (Lipinski definition) is 2. The van der Waals surface area contributed by atoms with Crippen LogP contribution >= 0.6 is 11.8 Å². The van der Waals surface area contributed by atoms with Gasteiger partial charge in [-0.05, 0) is 32.6 Å². The van der Waals surface area contributed by atoms with E-state index in [1.54, 1.807) is 0 Å². The maximum absolute atomic E-state index is 9.33. The van der Waals surface area contributed by atoms with Crippen molar-refractivity contribution in [2.24, 2.45) is 10.7 Å². The molecule has 1 aliphatic carbocycles. The molecule has 0 spiro atoms. The third kappa shape index (κ3) is 4.33. The van der Waals surface area contributed by atoms with Gasteiger partial charge in [-0.3, -0.25) is 4.99 Å². The number of nitrogens with zero attached hydrogens (tertiary/aromatic N) is 1. The largest absolute Gasteiger partial charge is 0.393 e. The van der Waals surface area contributed by atoms with Gasteiger partial charge < -0.3 is 10.8 Å². The molecule has 0 amide bonds. The van der Waals surface area contributed by atoms with Crippen LogP contribution in [0.2, 0.25) is 0 Å². The van der Waals surface area contributed by atoms with Crippen LogP contribution in [-0.4, -0.2) is 34.6 Å². The smallest absolute Gasteiger partial charge is 0.104 e. The number of hydrogen-bond acceptors (Lipinski definition) is 3. The summed E-state index contributed by atoms with van der Waals surface area (Å²) in [6.07, 6.45) is 4.06. The fourth-order valence-corrected chi connectivity index (χ4v) is 2.77. The van der Waals surface area contributed by atoms with Gasteiger partial charge in [-0.15, -0.1) is 0 Å². The van der Waals surface area contributed by atoms with Gasteiger partial charge in [0.25, 0.3) is 0 Å². The molecule has 1 rings (SSSR count). The highest BCUT2D eigenvalue weighted by Crippen LogP contribution is 2.28. The lowest BCUT2D eigenvalue weighted by Crippen LogP contribution is -2.22. The summed E-state index contributed by atoms with van der Waals surface area (Å²) in [5, 5.41) is 10.0. The Bertz CT molecular complexity index is 189. The van der Waals surface area contributed by atoms with Crippen LogP contribution in [0, 0.1) is 0 Å². The highest BCUT2D eigenvalue weighted by Gasteiger charge is 2.19. The molecule has 0 atom stereocenters. The fraction of sp³-hybridized carbons (Fsp3) is 0.900. The molecule has 0 saturated heterocycles. The monoisotopic (exact) mass is 216 g/mol. The summed E-state index contributed by atoms with van der Waals surface area (Å²) in [6, 6.07) is 0. The Kier molecular flexibility index (Phi) is 5.33. The van der Waals surface area contributed by atoms with E-state index in [4.69, 9.17) is 5.73 Å². The molecular formula is C10H20N2OS. The zero-order chi connectivity index (χ0) is 10.4. The van der Waals surface area contributed by atoms with Crippen molar-refractivity contribution in [2.45, 2.75) is 44.0 Å². The van der Waals surface area contributed by atoms with Gasteiger partial charge in [-0.2, -0.15) is 11.8 Å². The van der Waals surface area contributed by atoms with E-state index in [2.05, 4.69) is 4.99 Å². The van der Waals surface area contributed by atoms with Gasteiger partial charge in [-0.1, -0.05) is 0 Å². The minimum atomic E-state index is -0.0616. The van der Waals surface area contributed by atoms with Crippen molar-refractivity contribution in [3.8, 4) is 0 Å². The van der Waals surface area contributed by atoms with E-state index < -0.39 is 0 Å². The molecule has 0 bridgehead atoms. The normalized spacial score (nSPS) is 29.1. The number of aliphatic hydroxyl groups excluding tert-OH is 1. The van der Waals surface area contributed by atoms with E-state index in [1.807, 2.05) is 18.7 Å². The second-order valence-electron chi connectivity index (χ2n) is 3.71. The van der Waals surface area contributed by atoms with Crippen LogP contribution in [0.25, 0.3) is 0 Å². The van der Waals surface area contributed by atoms with Gasteiger partial charge in [0.15, 0.2) is 0 Å². The number of thioether (sulfide) groups is 1. The summed E-state index contributed by atoms with van der Waals surface area (Å²) in [5.74, 6) is 1.60. The first-order chi connectivity index (χ1) is 6.72. The van der Waals surface area contributed by atoms with E-state index in [0.29, 0.717) is 5.25 Å². The standard InChI is InChI=1S/C10H20N2OS/c1-2-12-10(11)7-14-9-5-3-8(13)4-6-9/h8-9,13H,2-7H2,1H3,(H2,11,12). The lowest BCUT2D eigenvalue weighted by molar-refractivity contribution is 0.132. The molecule has 0 unspecified atom stereocenters. The van der Waals surface area contributed by atoms with Crippen molar-refractivity contribution < 1.29 is 5.11 Å². The van der Waals surface area contributed by atoms with Crippen LogP contribution in [-0.2, 0) is 0 Å². The summed E-state index contributed by atoms with van der Waals surface area (Å²) in [7, 11) is 0. The summed E-state index contributed by atoms with van der Waals surface area (Å²) in [6.45, 7) is 2.77. The first-order valence-electron chi connectivity index (χ1n) is 5.30. The van der Waals surface area contributed by atoms with Crippen molar-refractivity contribution in [1.82, 2.24) is 0 Å². The highest BCUT2D eigenvalue weighted by atomic mass is 32.2. The Morgan fingerprint density at radius 1 is 1.43 bits per heavy atom. The predicted molar refractivity (Wildman–Crippen MR) is 62.9 cm³/mol. The molecule has 1 saturated carbocycles. The molecule has 0 aromatic heterocycles. The quantitative estimate of drug-likeness (QED) is 0.551. The molecule has 0 aromatic carbocycles. The average molecular weight is 216 g/mol. The third-order valence-electron chi connectivity index (χ3n) is 2.47. The molecule has 0 aromatic rings.